The third-order valence-corrected chi connectivity index (χ3v) is 3.86. The minimum absolute atomic E-state index is 0.0522. The Balaban J connectivity index is 2.29. The molecule has 0 bridgehead atoms. The zero-order chi connectivity index (χ0) is 20.5. The number of carboxylic acids is 1. The van der Waals surface area contributed by atoms with Crippen LogP contribution in [-0.2, 0) is 9.53 Å². The lowest BCUT2D eigenvalue weighted by Gasteiger charge is -2.19. The number of carboxylic acid groups (broad SMARTS) is 1. The molecule has 2 aromatic carbocycles. The number of anilines is 1. The molecule has 0 aliphatic heterocycles. The minimum atomic E-state index is -1.05. The summed E-state index contributed by atoms with van der Waals surface area (Å²) >= 11 is 0. The lowest BCUT2D eigenvalue weighted by molar-refractivity contribution is -0.138. The quantitative estimate of drug-likeness (QED) is 0.265. The molecule has 0 heterocycles. The van der Waals surface area contributed by atoms with Crippen molar-refractivity contribution in [3.05, 3.63) is 53.6 Å². The van der Waals surface area contributed by atoms with E-state index in [1.54, 1.807) is 49.6 Å². The van der Waals surface area contributed by atoms with Crippen LogP contribution in [0, 0.1) is 5.41 Å². The number of hydrogen-bond acceptors (Lipinski definition) is 6. The van der Waals surface area contributed by atoms with Crippen molar-refractivity contribution in [2.45, 2.75) is 13.0 Å². The van der Waals surface area contributed by atoms with Crippen molar-refractivity contribution in [3.63, 3.8) is 0 Å². The van der Waals surface area contributed by atoms with Gasteiger partial charge in [-0.15, -0.1) is 0 Å². The highest BCUT2D eigenvalue weighted by atomic mass is 16.5. The van der Waals surface area contributed by atoms with E-state index in [-0.39, 0.29) is 5.84 Å². The Morgan fingerprint density at radius 1 is 1.14 bits per heavy atom. The Hall–Kier alpha value is -3.26. The van der Waals surface area contributed by atoms with Crippen molar-refractivity contribution in [1.82, 2.24) is 0 Å². The van der Waals surface area contributed by atoms with Gasteiger partial charge in [-0.1, -0.05) is 0 Å². The van der Waals surface area contributed by atoms with E-state index in [2.05, 4.69) is 5.32 Å². The first-order chi connectivity index (χ1) is 13.4. The van der Waals surface area contributed by atoms with Crippen LogP contribution >= 0.6 is 0 Å². The maximum Gasteiger partial charge on any atom is 0.330 e. The number of methoxy groups -OCH3 is 1. The summed E-state index contributed by atoms with van der Waals surface area (Å²) in [7, 11) is 1.58. The highest BCUT2D eigenvalue weighted by Gasteiger charge is 2.21. The lowest BCUT2D eigenvalue weighted by atomic mass is 10.1. The van der Waals surface area contributed by atoms with Crippen LogP contribution in [0.4, 0.5) is 5.69 Å². The number of nitrogens with two attached hydrogens (primary N) is 1. The molecular weight excluding hydrogens is 362 g/mol. The number of nitrogen functional groups attached to an aromatic ring is 1. The summed E-state index contributed by atoms with van der Waals surface area (Å²) in [6.45, 7) is 3.04. The summed E-state index contributed by atoms with van der Waals surface area (Å²) in [5, 5.41) is 20.1. The molecule has 2 aromatic rings. The van der Waals surface area contributed by atoms with Crippen LogP contribution in [0.2, 0.25) is 0 Å². The molecule has 0 aliphatic carbocycles. The average Bonchev–Trinajstić information content (AvgIpc) is 2.66. The summed E-state index contributed by atoms with van der Waals surface area (Å²) < 4.78 is 16.2. The monoisotopic (exact) mass is 387 g/mol. The Bertz CT molecular complexity index is 808. The average molecular weight is 387 g/mol. The van der Waals surface area contributed by atoms with Gasteiger partial charge in [0.05, 0.1) is 13.2 Å². The molecule has 0 aliphatic rings. The van der Waals surface area contributed by atoms with E-state index >= 15 is 0 Å². The molecule has 0 saturated heterocycles. The van der Waals surface area contributed by atoms with Gasteiger partial charge in [0.1, 0.15) is 23.9 Å². The van der Waals surface area contributed by atoms with Gasteiger partial charge in [0.2, 0.25) is 0 Å². The molecule has 8 heteroatoms. The second kappa shape index (κ2) is 10.2. The number of benzene rings is 2. The SMILES string of the molecule is CCOc1cc(OCCOC)cc(C(Nc2ccc(C(=N)N)cc2)C(=O)O)c1. The van der Waals surface area contributed by atoms with E-state index in [1.165, 1.54) is 0 Å². The van der Waals surface area contributed by atoms with E-state index < -0.39 is 12.0 Å². The third-order valence-electron chi connectivity index (χ3n) is 3.86. The van der Waals surface area contributed by atoms with E-state index in [1.807, 2.05) is 6.92 Å². The molecular formula is C20H25N3O5. The first-order valence-corrected chi connectivity index (χ1v) is 8.78. The first-order valence-electron chi connectivity index (χ1n) is 8.78. The molecule has 28 heavy (non-hydrogen) atoms. The van der Waals surface area contributed by atoms with Crippen molar-refractivity contribution < 1.29 is 24.1 Å². The molecule has 8 nitrogen and oxygen atoms in total. The maximum absolute atomic E-state index is 11.9. The normalized spacial score (nSPS) is 11.5. The van der Waals surface area contributed by atoms with Gasteiger partial charge < -0.3 is 30.4 Å². The summed E-state index contributed by atoms with van der Waals surface area (Å²) in [6.07, 6.45) is 0. The molecule has 1 atom stereocenters. The maximum atomic E-state index is 11.9. The van der Waals surface area contributed by atoms with Gasteiger partial charge >= 0.3 is 5.97 Å². The molecule has 5 N–H and O–H groups in total. The van der Waals surface area contributed by atoms with E-state index in [9.17, 15) is 9.90 Å². The molecule has 0 fully saturated rings. The van der Waals surface area contributed by atoms with Gasteiger partial charge in [0.15, 0.2) is 6.04 Å². The van der Waals surface area contributed by atoms with Crippen molar-refractivity contribution in [1.29, 1.82) is 5.41 Å². The van der Waals surface area contributed by atoms with Crippen LogP contribution in [0.5, 0.6) is 11.5 Å². The van der Waals surface area contributed by atoms with Gasteiger partial charge in [-0.25, -0.2) is 4.79 Å². The number of rotatable bonds is 11. The summed E-state index contributed by atoms with van der Waals surface area (Å²) in [4.78, 5) is 11.9. The molecule has 1 unspecified atom stereocenters. The third kappa shape index (κ3) is 5.88. The molecule has 0 saturated carbocycles. The largest absolute Gasteiger partial charge is 0.494 e. The van der Waals surface area contributed by atoms with Crippen LogP contribution < -0.4 is 20.5 Å². The van der Waals surface area contributed by atoms with Crippen LogP contribution in [-0.4, -0.2) is 43.8 Å². The van der Waals surface area contributed by atoms with E-state index in [4.69, 9.17) is 25.4 Å². The Kier molecular flexibility index (Phi) is 7.65. The van der Waals surface area contributed by atoms with Gasteiger partial charge in [0, 0.05) is 24.4 Å². The van der Waals surface area contributed by atoms with Crippen LogP contribution in [0.25, 0.3) is 0 Å². The molecule has 0 radical (unpaired) electrons. The second-order valence-electron chi connectivity index (χ2n) is 5.92. The van der Waals surface area contributed by atoms with Crippen LogP contribution in [0.1, 0.15) is 24.1 Å². The van der Waals surface area contributed by atoms with Crippen LogP contribution in [0.3, 0.4) is 0 Å². The number of amidine groups is 1. The smallest absolute Gasteiger partial charge is 0.330 e. The van der Waals surface area contributed by atoms with Gasteiger partial charge in [0.25, 0.3) is 0 Å². The van der Waals surface area contributed by atoms with Gasteiger partial charge in [-0.3, -0.25) is 5.41 Å². The predicted molar refractivity (Wildman–Crippen MR) is 106 cm³/mol. The van der Waals surface area contributed by atoms with Crippen molar-refractivity contribution >= 4 is 17.5 Å². The number of ether oxygens (including phenoxy) is 3. The fraction of sp³-hybridized carbons (Fsp3) is 0.300. The summed E-state index contributed by atoms with van der Waals surface area (Å²) in [5.74, 6) is -0.0823. The first kappa shape index (κ1) is 21.0. The van der Waals surface area contributed by atoms with E-state index in [0.29, 0.717) is 48.1 Å². The van der Waals surface area contributed by atoms with Gasteiger partial charge in [-0.2, -0.15) is 0 Å². The van der Waals surface area contributed by atoms with Crippen molar-refractivity contribution in [3.8, 4) is 11.5 Å². The number of aliphatic carboxylic acids is 1. The highest BCUT2D eigenvalue weighted by Crippen LogP contribution is 2.29. The lowest BCUT2D eigenvalue weighted by Crippen LogP contribution is -2.21. The highest BCUT2D eigenvalue weighted by molar-refractivity contribution is 5.95. The molecule has 0 spiro atoms. The minimum Gasteiger partial charge on any atom is -0.494 e. The fourth-order valence-electron chi connectivity index (χ4n) is 2.54. The fourth-order valence-corrected chi connectivity index (χ4v) is 2.54. The number of hydrogen-bond donors (Lipinski definition) is 4. The molecule has 0 amide bonds. The number of carbonyl (C=O) groups is 1. The molecule has 2 rings (SSSR count). The van der Waals surface area contributed by atoms with Crippen LogP contribution in [0.15, 0.2) is 42.5 Å². The van der Waals surface area contributed by atoms with Crippen molar-refractivity contribution in [2.75, 3.05) is 32.2 Å². The zero-order valence-corrected chi connectivity index (χ0v) is 15.9. The summed E-state index contributed by atoms with van der Waals surface area (Å²) in [5.41, 5.74) is 7.08. The Morgan fingerprint density at radius 2 is 1.79 bits per heavy atom. The predicted octanol–water partition coefficient (Wildman–Crippen LogP) is 2.63. The Labute approximate surface area is 163 Å². The molecule has 0 aromatic heterocycles. The second-order valence-corrected chi connectivity index (χ2v) is 5.92. The van der Waals surface area contributed by atoms with Gasteiger partial charge in [-0.05, 0) is 48.9 Å². The zero-order valence-electron chi connectivity index (χ0n) is 15.9. The number of nitrogens with one attached hydrogen (secondary N) is 2. The standard InChI is InChI=1S/C20H25N3O5/c1-3-27-16-10-14(11-17(12-16)28-9-8-26-2)18(20(24)25)23-15-6-4-13(5-7-15)19(21)22/h4-7,10-12,18,23H,3,8-9H2,1-2H3,(H3,21,22)(H,24,25). The van der Waals surface area contributed by atoms with Crippen molar-refractivity contribution in [2.24, 2.45) is 5.73 Å². The molecule has 150 valence electrons. The van der Waals surface area contributed by atoms with E-state index in [0.717, 1.165) is 0 Å². The summed E-state index contributed by atoms with van der Waals surface area (Å²) in [6, 6.07) is 10.7. The Morgan fingerprint density at radius 3 is 2.32 bits per heavy atom. The topological polar surface area (TPSA) is 127 Å².